The fourth-order valence-electron chi connectivity index (χ4n) is 1.67. The number of benzene rings is 1. The van der Waals surface area contributed by atoms with E-state index < -0.39 is 0 Å². The zero-order valence-corrected chi connectivity index (χ0v) is 11.8. The lowest BCUT2D eigenvalue weighted by Crippen LogP contribution is -2.20. The minimum absolute atomic E-state index is 0.280. The van der Waals surface area contributed by atoms with E-state index in [-0.39, 0.29) is 5.91 Å². The van der Waals surface area contributed by atoms with Crippen LogP contribution in [0.5, 0.6) is 0 Å². The average Bonchev–Trinajstić information content (AvgIpc) is 2.50. The van der Waals surface area contributed by atoms with Crippen molar-refractivity contribution in [2.24, 2.45) is 5.10 Å². The lowest BCUT2D eigenvalue weighted by Gasteiger charge is -2.05. The second-order valence-electron chi connectivity index (χ2n) is 4.10. The van der Waals surface area contributed by atoms with Gasteiger partial charge in [-0.3, -0.25) is 9.78 Å². The van der Waals surface area contributed by atoms with Crippen LogP contribution in [-0.4, -0.2) is 16.6 Å². The number of hydrogen-bond donors (Lipinski definition) is 1. The Morgan fingerprint density at radius 3 is 2.60 bits per heavy atom. The monoisotopic (exact) mass is 287 g/mol. The van der Waals surface area contributed by atoms with Crippen LogP contribution in [0.2, 0.25) is 5.02 Å². The molecule has 0 unspecified atom stereocenters. The molecule has 0 aliphatic heterocycles. The molecule has 0 fully saturated rings. The lowest BCUT2D eigenvalue weighted by atomic mass is 10.1. The van der Waals surface area contributed by atoms with Crippen molar-refractivity contribution in [2.75, 3.05) is 0 Å². The highest BCUT2D eigenvalue weighted by molar-refractivity contribution is 6.30. The first-order chi connectivity index (χ1) is 9.70. The molecule has 0 radical (unpaired) electrons. The Balaban J connectivity index is 2.12. The summed E-state index contributed by atoms with van der Waals surface area (Å²) in [5, 5.41) is 4.83. The highest BCUT2D eigenvalue weighted by Gasteiger charge is 2.05. The third-order valence-electron chi connectivity index (χ3n) is 2.73. The Morgan fingerprint density at radius 1 is 1.25 bits per heavy atom. The summed E-state index contributed by atoms with van der Waals surface area (Å²) in [5.41, 5.74) is 4.74. The van der Waals surface area contributed by atoms with Crippen LogP contribution in [0.4, 0.5) is 0 Å². The maximum atomic E-state index is 11.9. The van der Waals surface area contributed by atoms with Crippen LogP contribution >= 0.6 is 11.6 Å². The van der Waals surface area contributed by atoms with Crippen LogP contribution < -0.4 is 5.43 Å². The molecule has 1 aromatic carbocycles. The molecule has 0 atom stereocenters. The number of aromatic nitrogens is 1. The van der Waals surface area contributed by atoms with Crippen LogP contribution in [0.25, 0.3) is 0 Å². The molecular formula is C15H14ClN3O. The number of nitrogens with one attached hydrogen (secondary N) is 1. The van der Waals surface area contributed by atoms with Crippen molar-refractivity contribution >= 4 is 23.2 Å². The van der Waals surface area contributed by atoms with Crippen molar-refractivity contribution in [3.8, 4) is 0 Å². The first-order valence-corrected chi connectivity index (χ1v) is 6.61. The van der Waals surface area contributed by atoms with Gasteiger partial charge in [0.25, 0.3) is 5.91 Å². The van der Waals surface area contributed by atoms with E-state index in [4.69, 9.17) is 11.6 Å². The maximum Gasteiger partial charge on any atom is 0.272 e. The molecular weight excluding hydrogens is 274 g/mol. The van der Waals surface area contributed by atoms with E-state index in [1.807, 2.05) is 19.1 Å². The second-order valence-corrected chi connectivity index (χ2v) is 4.54. The SMILES string of the molecule is CC/C(=N\NC(=O)c1cccnc1)c1ccc(Cl)cc1. The van der Waals surface area contributed by atoms with Gasteiger partial charge in [0, 0.05) is 17.4 Å². The topological polar surface area (TPSA) is 54.4 Å². The van der Waals surface area contributed by atoms with E-state index in [1.54, 1.807) is 30.5 Å². The van der Waals surface area contributed by atoms with Crippen molar-refractivity contribution in [3.05, 3.63) is 64.9 Å². The summed E-state index contributed by atoms with van der Waals surface area (Å²) in [6, 6.07) is 10.7. The minimum atomic E-state index is -0.280. The van der Waals surface area contributed by atoms with Gasteiger partial charge in [0.2, 0.25) is 0 Å². The van der Waals surface area contributed by atoms with Gasteiger partial charge >= 0.3 is 0 Å². The summed E-state index contributed by atoms with van der Waals surface area (Å²) >= 11 is 5.85. The van der Waals surface area contributed by atoms with Crippen molar-refractivity contribution < 1.29 is 4.79 Å². The highest BCUT2D eigenvalue weighted by atomic mass is 35.5. The van der Waals surface area contributed by atoms with Crippen LogP contribution in [0.3, 0.4) is 0 Å². The molecule has 4 nitrogen and oxygen atoms in total. The molecule has 1 N–H and O–H groups in total. The fourth-order valence-corrected chi connectivity index (χ4v) is 1.80. The molecule has 0 saturated heterocycles. The van der Waals surface area contributed by atoms with Gasteiger partial charge in [-0.15, -0.1) is 0 Å². The second kappa shape index (κ2) is 6.82. The summed E-state index contributed by atoms with van der Waals surface area (Å²) in [6.07, 6.45) is 3.82. The zero-order chi connectivity index (χ0) is 14.4. The molecule has 0 aliphatic rings. The first-order valence-electron chi connectivity index (χ1n) is 6.23. The summed E-state index contributed by atoms with van der Waals surface area (Å²) in [5.74, 6) is -0.280. The average molecular weight is 288 g/mol. The molecule has 2 rings (SSSR count). The van der Waals surface area contributed by atoms with Gasteiger partial charge in [-0.2, -0.15) is 5.10 Å². The summed E-state index contributed by atoms with van der Waals surface area (Å²) in [7, 11) is 0. The quantitative estimate of drug-likeness (QED) is 0.693. The molecule has 1 heterocycles. The van der Waals surface area contributed by atoms with Gasteiger partial charge in [0.15, 0.2) is 0 Å². The number of hydrogen-bond acceptors (Lipinski definition) is 3. The number of amides is 1. The summed E-state index contributed by atoms with van der Waals surface area (Å²) in [6.45, 7) is 1.98. The molecule has 0 spiro atoms. The number of hydrazone groups is 1. The van der Waals surface area contributed by atoms with E-state index in [1.165, 1.54) is 6.20 Å². The summed E-state index contributed by atoms with van der Waals surface area (Å²) < 4.78 is 0. The molecule has 5 heteroatoms. The van der Waals surface area contributed by atoms with E-state index >= 15 is 0 Å². The molecule has 0 saturated carbocycles. The molecule has 0 aliphatic carbocycles. The van der Waals surface area contributed by atoms with Crippen LogP contribution in [0.1, 0.15) is 29.3 Å². The van der Waals surface area contributed by atoms with Crippen molar-refractivity contribution in [1.82, 2.24) is 10.4 Å². The Bertz CT molecular complexity index is 609. The molecule has 20 heavy (non-hydrogen) atoms. The fraction of sp³-hybridized carbons (Fsp3) is 0.133. The smallest absolute Gasteiger partial charge is 0.267 e. The lowest BCUT2D eigenvalue weighted by molar-refractivity contribution is 0.0954. The zero-order valence-electron chi connectivity index (χ0n) is 11.0. The van der Waals surface area contributed by atoms with Gasteiger partial charge in [-0.05, 0) is 36.2 Å². The number of rotatable bonds is 4. The molecule has 1 aromatic heterocycles. The minimum Gasteiger partial charge on any atom is -0.267 e. The van der Waals surface area contributed by atoms with Gasteiger partial charge in [0.05, 0.1) is 11.3 Å². The van der Waals surface area contributed by atoms with Crippen LogP contribution in [0.15, 0.2) is 53.9 Å². The van der Waals surface area contributed by atoms with Gasteiger partial charge in [-0.1, -0.05) is 30.7 Å². The number of carbonyl (C=O) groups is 1. The number of nitrogens with zero attached hydrogens (tertiary/aromatic N) is 2. The number of pyridine rings is 1. The normalized spacial score (nSPS) is 11.2. The van der Waals surface area contributed by atoms with Crippen molar-refractivity contribution in [1.29, 1.82) is 0 Å². The van der Waals surface area contributed by atoms with Gasteiger partial charge in [0.1, 0.15) is 0 Å². The predicted molar refractivity (Wildman–Crippen MR) is 80.0 cm³/mol. The van der Waals surface area contributed by atoms with Crippen LogP contribution in [0, 0.1) is 0 Å². The van der Waals surface area contributed by atoms with Crippen LogP contribution in [-0.2, 0) is 0 Å². The number of halogens is 1. The van der Waals surface area contributed by atoms with E-state index in [9.17, 15) is 4.79 Å². The third kappa shape index (κ3) is 3.65. The van der Waals surface area contributed by atoms with Crippen molar-refractivity contribution in [3.63, 3.8) is 0 Å². The number of carbonyl (C=O) groups excluding carboxylic acids is 1. The van der Waals surface area contributed by atoms with E-state index in [0.717, 1.165) is 11.3 Å². The third-order valence-corrected chi connectivity index (χ3v) is 2.98. The molecule has 0 bridgehead atoms. The maximum absolute atomic E-state index is 11.9. The highest BCUT2D eigenvalue weighted by Crippen LogP contribution is 2.11. The predicted octanol–water partition coefficient (Wildman–Crippen LogP) is 3.28. The Hall–Kier alpha value is -2.20. The summed E-state index contributed by atoms with van der Waals surface area (Å²) in [4.78, 5) is 15.8. The van der Waals surface area contributed by atoms with E-state index in [0.29, 0.717) is 17.0 Å². The molecule has 2 aromatic rings. The van der Waals surface area contributed by atoms with Gasteiger partial charge in [-0.25, -0.2) is 5.43 Å². The van der Waals surface area contributed by atoms with Gasteiger partial charge < -0.3 is 0 Å². The van der Waals surface area contributed by atoms with Crippen molar-refractivity contribution in [2.45, 2.75) is 13.3 Å². The first kappa shape index (κ1) is 14.2. The molecule has 102 valence electrons. The van der Waals surface area contributed by atoms with E-state index in [2.05, 4.69) is 15.5 Å². The largest absolute Gasteiger partial charge is 0.272 e. The Morgan fingerprint density at radius 2 is 2.00 bits per heavy atom. The standard InChI is InChI=1S/C15H14ClN3O/c1-2-14(11-5-7-13(16)8-6-11)18-19-15(20)12-4-3-9-17-10-12/h3-10H,2H2,1H3,(H,19,20)/b18-14+. The Labute approximate surface area is 122 Å². The Kier molecular flexibility index (Phi) is 4.85. The molecule has 1 amide bonds.